The summed E-state index contributed by atoms with van der Waals surface area (Å²) in [6, 6.07) is 0. The number of carbonyl (C=O) groups is 2. The molecule has 1 atom stereocenters. The molecule has 5 heteroatoms. The monoisotopic (exact) mass is 273 g/mol. The summed E-state index contributed by atoms with van der Waals surface area (Å²) in [4.78, 5) is 22.7. The van der Waals surface area contributed by atoms with Gasteiger partial charge in [-0.15, -0.1) is 0 Å². The van der Waals surface area contributed by atoms with Crippen molar-refractivity contribution in [2.24, 2.45) is 5.92 Å². The van der Waals surface area contributed by atoms with Crippen molar-refractivity contribution in [1.29, 1.82) is 0 Å². The van der Waals surface area contributed by atoms with Gasteiger partial charge in [0.05, 0.1) is 12.5 Å². The molecule has 0 heterocycles. The van der Waals surface area contributed by atoms with Crippen molar-refractivity contribution in [2.75, 3.05) is 6.61 Å². The SMILES string of the molecule is CC(C)OCCCC(=O)NC(C)(CC(=O)O)C(C)C. The van der Waals surface area contributed by atoms with Gasteiger partial charge in [-0.25, -0.2) is 0 Å². The quantitative estimate of drug-likeness (QED) is 0.631. The highest BCUT2D eigenvalue weighted by Crippen LogP contribution is 2.21. The molecule has 1 unspecified atom stereocenters. The first-order valence-corrected chi connectivity index (χ1v) is 6.81. The molecule has 0 fully saturated rings. The van der Waals surface area contributed by atoms with Gasteiger partial charge in [0, 0.05) is 18.6 Å². The molecule has 112 valence electrons. The molecule has 0 bridgehead atoms. The van der Waals surface area contributed by atoms with E-state index in [0.29, 0.717) is 19.4 Å². The molecule has 0 spiro atoms. The van der Waals surface area contributed by atoms with Gasteiger partial charge in [0.15, 0.2) is 0 Å². The van der Waals surface area contributed by atoms with Crippen molar-refractivity contribution in [2.45, 2.75) is 65.5 Å². The summed E-state index contributed by atoms with van der Waals surface area (Å²) in [5.41, 5.74) is -0.707. The van der Waals surface area contributed by atoms with Crippen LogP contribution in [0, 0.1) is 5.92 Å². The Morgan fingerprint density at radius 1 is 1.26 bits per heavy atom. The average molecular weight is 273 g/mol. The van der Waals surface area contributed by atoms with E-state index >= 15 is 0 Å². The molecule has 0 aliphatic carbocycles. The first kappa shape index (κ1) is 17.9. The molecule has 0 rings (SSSR count). The maximum absolute atomic E-state index is 11.8. The summed E-state index contributed by atoms with van der Waals surface area (Å²) in [6.07, 6.45) is 1.09. The van der Waals surface area contributed by atoms with Crippen LogP contribution in [0.15, 0.2) is 0 Å². The maximum Gasteiger partial charge on any atom is 0.305 e. The van der Waals surface area contributed by atoms with Crippen LogP contribution >= 0.6 is 0 Å². The molecular formula is C14H27NO4. The topological polar surface area (TPSA) is 75.6 Å². The minimum absolute atomic E-state index is 0.0551. The second-order valence-electron chi connectivity index (χ2n) is 5.71. The number of nitrogens with one attached hydrogen (secondary N) is 1. The van der Waals surface area contributed by atoms with Gasteiger partial charge < -0.3 is 15.2 Å². The van der Waals surface area contributed by atoms with Crippen molar-refractivity contribution >= 4 is 11.9 Å². The summed E-state index contributed by atoms with van der Waals surface area (Å²) >= 11 is 0. The van der Waals surface area contributed by atoms with E-state index in [1.165, 1.54) is 0 Å². The van der Waals surface area contributed by atoms with Gasteiger partial charge in [-0.1, -0.05) is 13.8 Å². The number of carbonyl (C=O) groups excluding carboxylic acids is 1. The predicted molar refractivity (Wildman–Crippen MR) is 74.0 cm³/mol. The Hall–Kier alpha value is -1.10. The number of amides is 1. The van der Waals surface area contributed by atoms with Gasteiger partial charge in [0.2, 0.25) is 5.91 Å². The summed E-state index contributed by atoms with van der Waals surface area (Å²) in [7, 11) is 0. The molecule has 0 aliphatic heterocycles. The summed E-state index contributed by atoms with van der Waals surface area (Å²) in [5.74, 6) is -0.969. The molecular weight excluding hydrogens is 246 g/mol. The summed E-state index contributed by atoms with van der Waals surface area (Å²) < 4.78 is 5.36. The van der Waals surface area contributed by atoms with E-state index in [9.17, 15) is 9.59 Å². The number of ether oxygens (including phenoxy) is 1. The van der Waals surface area contributed by atoms with Crippen molar-refractivity contribution in [3.63, 3.8) is 0 Å². The Morgan fingerprint density at radius 2 is 1.84 bits per heavy atom. The van der Waals surface area contributed by atoms with Gasteiger partial charge in [-0.05, 0) is 33.1 Å². The molecule has 0 radical (unpaired) electrons. The van der Waals surface area contributed by atoms with Crippen molar-refractivity contribution in [3.8, 4) is 0 Å². The lowest BCUT2D eigenvalue weighted by molar-refractivity contribution is -0.139. The molecule has 2 N–H and O–H groups in total. The van der Waals surface area contributed by atoms with Gasteiger partial charge in [0.25, 0.3) is 0 Å². The van der Waals surface area contributed by atoms with E-state index in [4.69, 9.17) is 9.84 Å². The van der Waals surface area contributed by atoms with Crippen molar-refractivity contribution < 1.29 is 19.4 Å². The highest BCUT2D eigenvalue weighted by Gasteiger charge is 2.32. The third kappa shape index (κ3) is 7.82. The zero-order valence-electron chi connectivity index (χ0n) is 12.7. The molecule has 0 aromatic rings. The van der Waals surface area contributed by atoms with Crippen molar-refractivity contribution in [3.05, 3.63) is 0 Å². The largest absolute Gasteiger partial charge is 0.481 e. The Kier molecular flexibility index (Phi) is 7.68. The zero-order valence-corrected chi connectivity index (χ0v) is 12.7. The Balaban J connectivity index is 4.21. The molecule has 0 saturated heterocycles. The van der Waals surface area contributed by atoms with E-state index in [1.807, 2.05) is 27.7 Å². The van der Waals surface area contributed by atoms with Gasteiger partial charge in [-0.2, -0.15) is 0 Å². The van der Waals surface area contributed by atoms with Gasteiger partial charge in [0.1, 0.15) is 0 Å². The fraction of sp³-hybridized carbons (Fsp3) is 0.857. The van der Waals surface area contributed by atoms with E-state index in [-0.39, 0.29) is 24.3 Å². The van der Waals surface area contributed by atoms with Gasteiger partial charge in [-0.3, -0.25) is 9.59 Å². The van der Waals surface area contributed by atoms with Crippen LogP contribution in [0.5, 0.6) is 0 Å². The maximum atomic E-state index is 11.8. The smallest absolute Gasteiger partial charge is 0.305 e. The summed E-state index contributed by atoms with van der Waals surface area (Å²) in [5, 5.41) is 11.8. The standard InChI is InChI=1S/C14H27NO4/c1-10(2)14(5,9-13(17)18)15-12(16)7-6-8-19-11(3)4/h10-11H,6-9H2,1-5H3,(H,15,16)(H,17,18). The number of carboxylic acids is 1. The van der Waals surface area contributed by atoms with E-state index in [0.717, 1.165) is 0 Å². The van der Waals surface area contributed by atoms with Gasteiger partial charge >= 0.3 is 5.97 Å². The molecule has 0 aromatic carbocycles. The molecule has 5 nitrogen and oxygen atoms in total. The third-order valence-corrected chi connectivity index (χ3v) is 3.22. The van der Waals surface area contributed by atoms with E-state index < -0.39 is 11.5 Å². The Labute approximate surface area is 115 Å². The first-order valence-electron chi connectivity index (χ1n) is 6.81. The summed E-state index contributed by atoms with van der Waals surface area (Å²) in [6.45, 7) is 10.0. The van der Waals surface area contributed by atoms with E-state index in [2.05, 4.69) is 5.32 Å². The van der Waals surface area contributed by atoms with E-state index in [1.54, 1.807) is 6.92 Å². The second kappa shape index (κ2) is 8.15. The number of aliphatic carboxylic acids is 1. The minimum atomic E-state index is -0.903. The normalized spacial score (nSPS) is 14.5. The number of carboxylic acid groups (broad SMARTS) is 1. The molecule has 19 heavy (non-hydrogen) atoms. The molecule has 0 saturated carbocycles. The van der Waals surface area contributed by atoms with Crippen molar-refractivity contribution in [1.82, 2.24) is 5.32 Å². The van der Waals surface area contributed by atoms with Crippen LogP contribution in [0.4, 0.5) is 0 Å². The molecule has 1 amide bonds. The van der Waals surface area contributed by atoms with Crippen LogP contribution in [-0.4, -0.2) is 35.2 Å². The Morgan fingerprint density at radius 3 is 2.26 bits per heavy atom. The van der Waals surface area contributed by atoms with Crippen LogP contribution in [-0.2, 0) is 14.3 Å². The lowest BCUT2D eigenvalue weighted by atomic mass is 9.85. The average Bonchev–Trinajstić information content (AvgIpc) is 2.22. The zero-order chi connectivity index (χ0) is 15.1. The Bertz CT molecular complexity index is 302. The second-order valence-corrected chi connectivity index (χ2v) is 5.71. The van der Waals surface area contributed by atoms with Crippen LogP contribution in [0.25, 0.3) is 0 Å². The lowest BCUT2D eigenvalue weighted by Gasteiger charge is -2.33. The first-order chi connectivity index (χ1) is 8.67. The fourth-order valence-electron chi connectivity index (χ4n) is 1.64. The number of rotatable bonds is 9. The number of hydrogen-bond acceptors (Lipinski definition) is 3. The highest BCUT2D eigenvalue weighted by molar-refractivity contribution is 5.78. The molecule has 0 aliphatic rings. The minimum Gasteiger partial charge on any atom is -0.481 e. The van der Waals surface area contributed by atoms with Crippen LogP contribution in [0.2, 0.25) is 0 Å². The third-order valence-electron chi connectivity index (χ3n) is 3.22. The number of hydrogen-bond donors (Lipinski definition) is 2. The van der Waals surface area contributed by atoms with Crippen LogP contribution < -0.4 is 5.32 Å². The fourth-order valence-corrected chi connectivity index (χ4v) is 1.64. The predicted octanol–water partition coefficient (Wildman–Crippen LogP) is 2.20. The van der Waals surface area contributed by atoms with Crippen LogP contribution in [0.1, 0.15) is 53.9 Å². The highest BCUT2D eigenvalue weighted by atomic mass is 16.5. The molecule has 0 aromatic heterocycles. The lowest BCUT2D eigenvalue weighted by Crippen LogP contribution is -2.51. The van der Waals surface area contributed by atoms with Crippen LogP contribution in [0.3, 0.4) is 0 Å².